The minimum Gasteiger partial charge on any atom is -0.481 e. The van der Waals surface area contributed by atoms with Crippen LogP contribution in [0.1, 0.15) is 152 Å². The predicted molar refractivity (Wildman–Crippen MR) is 190 cm³/mol. The number of carboxylic acid groups (broad SMARTS) is 1. The molecule has 6 fully saturated rings. The number of rotatable bonds is 10. The zero-order chi connectivity index (χ0) is 34.4. The summed E-state index contributed by atoms with van der Waals surface area (Å²) >= 11 is 0. The molecule has 0 aromatic rings. The van der Waals surface area contributed by atoms with Crippen molar-refractivity contribution in [1.82, 2.24) is 4.90 Å². The first kappa shape index (κ1) is 35.5. The van der Waals surface area contributed by atoms with Crippen LogP contribution in [0.25, 0.3) is 0 Å². The first-order chi connectivity index (χ1) is 21.8. The van der Waals surface area contributed by atoms with Gasteiger partial charge < -0.3 is 14.7 Å². The van der Waals surface area contributed by atoms with E-state index >= 15 is 0 Å². The molecule has 0 bridgehead atoms. The highest BCUT2D eigenvalue weighted by atomic mass is 16.5. The molecule has 0 heterocycles. The minimum absolute atomic E-state index is 0.0243. The molecule has 266 valence electrons. The van der Waals surface area contributed by atoms with Crippen molar-refractivity contribution in [2.75, 3.05) is 13.6 Å². The summed E-state index contributed by atoms with van der Waals surface area (Å²) in [5.41, 5.74) is 2.13. The fourth-order valence-electron chi connectivity index (χ4n) is 14.1. The molecule has 6 aliphatic carbocycles. The first-order valence-corrected chi connectivity index (χ1v) is 19.6. The van der Waals surface area contributed by atoms with Gasteiger partial charge in [-0.15, -0.1) is 0 Å². The lowest BCUT2D eigenvalue weighted by Crippen LogP contribution is -2.66. The van der Waals surface area contributed by atoms with E-state index in [2.05, 4.69) is 60.1 Å². The van der Waals surface area contributed by atoms with Gasteiger partial charge in [-0.2, -0.15) is 0 Å². The molecule has 10 atom stereocenters. The van der Waals surface area contributed by atoms with Crippen LogP contribution in [0.15, 0.2) is 12.2 Å². The summed E-state index contributed by atoms with van der Waals surface area (Å²) in [5, 5.41) is 9.33. The minimum atomic E-state index is -0.863. The molecule has 0 aromatic carbocycles. The Hall–Kier alpha value is -1.36. The summed E-state index contributed by atoms with van der Waals surface area (Å²) < 4.78 is 6.29. The van der Waals surface area contributed by atoms with Gasteiger partial charge in [-0.1, -0.05) is 60.6 Å². The van der Waals surface area contributed by atoms with Crippen LogP contribution in [-0.4, -0.2) is 47.7 Å². The van der Waals surface area contributed by atoms with Crippen LogP contribution >= 0.6 is 0 Å². The molecule has 0 amide bonds. The number of carbonyl (C=O) groups excluding carboxylic acids is 1. The number of nitrogens with zero attached hydrogens (tertiary/aromatic N) is 1. The molecule has 0 aliphatic heterocycles. The highest BCUT2D eigenvalue weighted by Crippen LogP contribution is 2.78. The predicted octanol–water partition coefficient (Wildman–Crippen LogP) is 9.93. The third-order valence-electron chi connectivity index (χ3n) is 16.8. The molecule has 1 N–H and O–H groups in total. The molecule has 5 heteroatoms. The quantitative estimate of drug-likeness (QED) is 0.188. The number of carboxylic acids is 1. The number of fused-ring (bicyclic) bond motifs is 7. The van der Waals surface area contributed by atoms with Gasteiger partial charge in [0.15, 0.2) is 0 Å². The maximum absolute atomic E-state index is 13.2. The van der Waals surface area contributed by atoms with E-state index in [-0.39, 0.29) is 35.7 Å². The van der Waals surface area contributed by atoms with Gasteiger partial charge in [0.25, 0.3) is 0 Å². The molecule has 6 saturated carbocycles. The second-order valence-corrected chi connectivity index (χ2v) is 20.3. The molecule has 0 spiro atoms. The van der Waals surface area contributed by atoms with Gasteiger partial charge in [0.05, 0.1) is 12.8 Å². The number of aliphatic carboxylic acids is 1. The summed E-state index contributed by atoms with van der Waals surface area (Å²) in [6, 6.07) is 0.842. The van der Waals surface area contributed by atoms with Crippen molar-refractivity contribution in [3.63, 3.8) is 0 Å². The normalized spacial score (nSPS) is 44.1. The van der Waals surface area contributed by atoms with Crippen molar-refractivity contribution in [1.29, 1.82) is 0 Å². The Morgan fingerprint density at radius 3 is 2.19 bits per heavy atom. The lowest BCUT2D eigenvalue weighted by molar-refractivity contribution is -0.250. The third-order valence-corrected chi connectivity index (χ3v) is 16.8. The maximum atomic E-state index is 13.2. The number of esters is 1. The van der Waals surface area contributed by atoms with Crippen molar-refractivity contribution in [2.45, 2.75) is 164 Å². The van der Waals surface area contributed by atoms with Gasteiger partial charge in [0, 0.05) is 11.5 Å². The highest BCUT2D eigenvalue weighted by molar-refractivity contribution is 5.73. The number of ether oxygens (including phenoxy) is 1. The van der Waals surface area contributed by atoms with Gasteiger partial charge >= 0.3 is 11.9 Å². The van der Waals surface area contributed by atoms with E-state index in [1.54, 1.807) is 0 Å². The fraction of sp³-hybridized carbons (Fsp3) is 0.905. The summed E-state index contributed by atoms with van der Waals surface area (Å²) in [7, 11) is 2.38. The smallest absolute Gasteiger partial charge is 0.306 e. The number of hydrogen-bond acceptors (Lipinski definition) is 4. The van der Waals surface area contributed by atoms with Gasteiger partial charge in [0.2, 0.25) is 0 Å². The topological polar surface area (TPSA) is 66.8 Å². The zero-order valence-corrected chi connectivity index (χ0v) is 31.7. The molecule has 2 unspecified atom stereocenters. The maximum Gasteiger partial charge on any atom is 0.306 e. The summed E-state index contributed by atoms with van der Waals surface area (Å²) in [6.07, 6.45) is 17.0. The first-order valence-electron chi connectivity index (χ1n) is 19.6. The molecule has 0 aromatic heterocycles. The molecule has 47 heavy (non-hydrogen) atoms. The highest BCUT2D eigenvalue weighted by Gasteiger charge is 2.71. The Bertz CT molecular complexity index is 1250. The van der Waals surface area contributed by atoms with Crippen molar-refractivity contribution in [3.05, 3.63) is 12.2 Å². The van der Waals surface area contributed by atoms with E-state index in [4.69, 9.17) is 4.74 Å². The molecule has 6 rings (SSSR count). The average Bonchev–Trinajstić information content (AvgIpc) is 3.73. The Labute approximate surface area is 287 Å². The van der Waals surface area contributed by atoms with Crippen LogP contribution in [0, 0.1) is 62.1 Å². The average molecular weight is 652 g/mol. The molecule has 6 aliphatic rings. The molecule has 5 nitrogen and oxygen atoms in total. The second kappa shape index (κ2) is 11.9. The SMILES string of the molecule is C=C(C)[C@@H]1CC[C@]2(CCN(C)C3CC3)CC[C@]3(C)[C@H](CCC4[C@@]5(C)CC[C@H](OC(=O)CC(C)(C)CC(=O)O)C(C)(C)C5CC[C@]43C)[C@@H]12. The summed E-state index contributed by atoms with van der Waals surface area (Å²) in [6.45, 7) is 24.8. The Balaban J connectivity index is 1.22. The van der Waals surface area contributed by atoms with E-state index in [0.29, 0.717) is 34.0 Å². The van der Waals surface area contributed by atoms with Crippen molar-refractivity contribution >= 4 is 11.9 Å². The summed E-state index contributed by atoms with van der Waals surface area (Å²) in [5.74, 6) is 2.37. The second-order valence-electron chi connectivity index (χ2n) is 20.3. The number of carbonyl (C=O) groups is 2. The Kier molecular flexibility index (Phi) is 8.95. The van der Waals surface area contributed by atoms with Gasteiger partial charge in [-0.3, -0.25) is 9.59 Å². The van der Waals surface area contributed by atoms with E-state index < -0.39 is 11.4 Å². The zero-order valence-electron chi connectivity index (χ0n) is 31.7. The van der Waals surface area contributed by atoms with Gasteiger partial charge in [-0.05, 0) is 161 Å². The lowest BCUT2D eigenvalue weighted by Gasteiger charge is -2.73. The van der Waals surface area contributed by atoms with E-state index in [1.165, 1.54) is 82.7 Å². The summed E-state index contributed by atoms with van der Waals surface area (Å²) in [4.78, 5) is 27.3. The van der Waals surface area contributed by atoms with Crippen LogP contribution in [0.2, 0.25) is 0 Å². The van der Waals surface area contributed by atoms with Crippen LogP contribution in [0.4, 0.5) is 0 Å². The molecular weight excluding hydrogens is 582 g/mol. The lowest BCUT2D eigenvalue weighted by atomic mass is 9.32. The van der Waals surface area contributed by atoms with Crippen molar-refractivity contribution < 1.29 is 19.4 Å². The molecule has 0 saturated heterocycles. The monoisotopic (exact) mass is 652 g/mol. The fourth-order valence-corrected chi connectivity index (χ4v) is 14.1. The number of allylic oxidation sites excluding steroid dienone is 1. The van der Waals surface area contributed by atoms with Crippen molar-refractivity contribution in [3.8, 4) is 0 Å². The van der Waals surface area contributed by atoms with Gasteiger partial charge in [-0.25, -0.2) is 0 Å². The number of hydrogen-bond donors (Lipinski definition) is 1. The van der Waals surface area contributed by atoms with Crippen LogP contribution in [0.5, 0.6) is 0 Å². The Morgan fingerprint density at radius 1 is 0.851 bits per heavy atom. The molecular formula is C42H69NO4. The van der Waals surface area contributed by atoms with Gasteiger partial charge in [0.1, 0.15) is 6.10 Å². The van der Waals surface area contributed by atoms with Crippen LogP contribution in [-0.2, 0) is 14.3 Å². The molecule has 0 radical (unpaired) electrons. The van der Waals surface area contributed by atoms with Crippen LogP contribution in [0.3, 0.4) is 0 Å². The van der Waals surface area contributed by atoms with Crippen molar-refractivity contribution in [2.24, 2.45) is 62.1 Å². The Morgan fingerprint density at radius 2 is 1.55 bits per heavy atom. The van der Waals surface area contributed by atoms with E-state index in [0.717, 1.165) is 30.7 Å². The standard InChI is InChI=1S/C42H69NO4/c1-27(2)29-15-20-42(23-24-43(10)28-11-12-28)22-21-40(8)30(36(29)42)13-14-32-39(7)18-17-33(38(5,6)31(39)16-19-41(32,40)9)47-35(46)26-37(3,4)25-34(44)45/h28-33,36H,1,11-26H2,2-10H3,(H,44,45)/t29-,30+,31?,32?,33-,36+,39-,40+,41+,42+/m0/s1. The van der Waals surface area contributed by atoms with Crippen LogP contribution < -0.4 is 0 Å². The van der Waals surface area contributed by atoms with E-state index in [9.17, 15) is 14.7 Å². The van der Waals surface area contributed by atoms with E-state index in [1.807, 2.05) is 13.8 Å². The third kappa shape index (κ3) is 5.77. The largest absolute Gasteiger partial charge is 0.481 e.